The van der Waals surface area contributed by atoms with Gasteiger partial charge in [0.1, 0.15) is 5.75 Å². The second-order valence-electron chi connectivity index (χ2n) is 3.84. The van der Waals surface area contributed by atoms with Gasteiger partial charge < -0.3 is 19.7 Å². The molecule has 0 aliphatic heterocycles. The SMILES string of the molecule is COCCc1noc(N)c1-c1ccc(OC)cc1. The topological polar surface area (TPSA) is 70.5 Å². The fourth-order valence-corrected chi connectivity index (χ4v) is 1.77. The van der Waals surface area contributed by atoms with E-state index >= 15 is 0 Å². The fraction of sp³-hybridized carbons (Fsp3) is 0.308. The van der Waals surface area contributed by atoms with Crippen molar-refractivity contribution < 1.29 is 14.0 Å². The molecule has 0 radical (unpaired) electrons. The van der Waals surface area contributed by atoms with E-state index in [1.165, 1.54) is 0 Å². The molecule has 1 aromatic carbocycles. The molecule has 2 N–H and O–H groups in total. The molecule has 5 heteroatoms. The summed E-state index contributed by atoms with van der Waals surface area (Å²) >= 11 is 0. The molecule has 0 amide bonds. The smallest absolute Gasteiger partial charge is 0.230 e. The molecule has 18 heavy (non-hydrogen) atoms. The van der Waals surface area contributed by atoms with Crippen LogP contribution in [-0.4, -0.2) is 26.0 Å². The van der Waals surface area contributed by atoms with Gasteiger partial charge in [-0.3, -0.25) is 0 Å². The van der Waals surface area contributed by atoms with E-state index in [9.17, 15) is 0 Å². The first-order valence-electron chi connectivity index (χ1n) is 5.63. The number of hydrogen-bond acceptors (Lipinski definition) is 5. The summed E-state index contributed by atoms with van der Waals surface area (Å²) in [4.78, 5) is 0. The third-order valence-electron chi connectivity index (χ3n) is 2.71. The molecule has 1 aromatic heterocycles. The molecule has 0 unspecified atom stereocenters. The van der Waals surface area contributed by atoms with Crippen molar-refractivity contribution in [3.05, 3.63) is 30.0 Å². The van der Waals surface area contributed by atoms with Crippen molar-refractivity contribution in [2.24, 2.45) is 0 Å². The number of nitrogen functional groups attached to an aromatic ring is 1. The minimum absolute atomic E-state index is 0.325. The Labute approximate surface area is 105 Å². The Hall–Kier alpha value is -2.01. The summed E-state index contributed by atoms with van der Waals surface area (Å²) in [5, 5.41) is 3.96. The number of methoxy groups -OCH3 is 2. The van der Waals surface area contributed by atoms with Gasteiger partial charge in [0.15, 0.2) is 0 Å². The maximum atomic E-state index is 5.81. The molecule has 0 aliphatic carbocycles. The van der Waals surface area contributed by atoms with E-state index in [2.05, 4.69) is 5.16 Å². The van der Waals surface area contributed by atoms with Gasteiger partial charge in [-0.05, 0) is 17.7 Å². The molecular weight excluding hydrogens is 232 g/mol. The van der Waals surface area contributed by atoms with Gasteiger partial charge in [0.2, 0.25) is 5.88 Å². The molecular formula is C13H16N2O3. The van der Waals surface area contributed by atoms with Crippen molar-refractivity contribution >= 4 is 5.88 Å². The van der Waals surface area contributed by atoms with Crippen LogP contribution in [0.2, 0.25) is 0 Å². The predicted molar refractivity (Wildman–Crippen MR) is 68.5 cm³/mol. The first kappa shape index (κ1) is 12.4. The highest BCUT2D eigenvalue weighted by Gasteiger charge is 2.15. The average Bonchev–Trinajstić information content (AvgIpc) is 2.77. The van der Waals surface area contributed by atoms with Gasteiger partial charge in [0.05, 0.1) is 25.0 Å². The van der Waals surface area contributed by atoms with Crippen LogP contribution in [0.1, 0.15) is 5.69 Å². The summed E-state index contributed by atoms with van der Waals surface area (Å²) < 4.78 is 15.2. The Balaban J connectivity index is 2.32. The molecule has 0 aliphatic rings. The lowest BCUT2D eigenvalue weighted by Crippen LogP contribution is -1.97. The monoisotopic (exact) mass is 248 g/mol. The Morgan fingerprint density at radius 1 is 1.22 bits per heavy atom. The van der Waals surface area contributed by atoms with Gasteiger partial charge in [-0.25, -0.2) is 0 Å². The van der Waals surface area contributed by atoms with Gasteiger partial charge in [-0.15, -0.1) is 0 Å². The number of benzene rings is 1. The third kappa shape index (κ3) is 2.46. The first-order chi connectivity index (χ1) is 8.76. The van der Waals surface area contributed by atoms with Crippen LogP contribution < -0.4 is 10.5 Å². The van der Waals surface area contributed by atoms with Crippen LogP contribution in [-0.2, 0) is 11.2 Å². The molecule has 2 rings (SSSR count). The number of hydrogen-bond donors (Lipinski definition) is 1. The number of nitrogens with two attached hydrogens (primary N) is 1. The summed E-state index contributed by atoms with van der Waals surface area (Å²) in [7, 11) is 3.28. The Morgan fingerprint density at radius 3 is 2.56 bits per heavy atom. The van der Waals surface area contributed by atoms with Crippen LogP contribution >= 0.6 is 0 Å². The molecule has 0 spiro atoms. The minimum atomic E-state index is 0.325. The van der Waals surface area contributed by atoms with Gasteiger partial charge >= 0.3 is 0 Å². The van der Waals surface area contributed by atoms with Gasteiger partial charge in [-0.1, -0.05) is 17.3 Å². The van der Waals surface area contributed by atoms with E-state index < -0.39 is 0 Å². The van der Waals surface area contributed by atoms with Crippen molar-refractivity contribution in [1.29, 1.82) is 0 Å². The molecule has 0 fully saturated rings. The van der Waals surface area contributed by atoms with E-state index in [-0.39, 0.29) is 0 Å². The highest BCUT2D eigenvalue weighted by Crippen LogP contribution is 2.31. The van der Waals surface area contributed by atoms with E-state index in [1.807, 2.05) is 24.3 Å². The maximum Gasteiger partial charge on any atom is 0.230 e. The quantitative estimate of drug-likeness (QED) is 0.877. The Kier molecular flexibility index (Phi) is 3.84. The van der Waals surface area contributed by atoms with E-state index in [0.717, 1.165) is 22.6 Å². The van der Waals surface area contributed by atoms with Crippen LogP contribution in [0.3, 0.4) is 0 Å². The van der Waals surface area contributed by atoms with Crippen molar-refractivity contribution in [1.82, 2.24) is 5.16 Å². The molecule has 0 saturated heterocycles. The lowest BCUT2D eigenvalue weighted by atomic mass is 10.0. The van der Waals surface area contributed by atoms with Crippen molar-refractivity contribution in [3.8, 4) is 16.9 Å². The van der Waals surface area contributed by atoms with Crippen molar-refractivity contribution in [2.45, 2.75) is 6.42 Å². The average molecular weight is 248 g/mol. The number of nitrogens with zero attached hydrogens (tertiary/aromatic N) is 1. The zero-order valence-corrected chi connectivity index (χ0v) is 10.5. The summed E-state index contributed by atoms with van der Waals surface area (Å²) in [6.07, 6.45) is 0.665. The molecule has 96 valence electrons. The second kappa shape index (κ2) is 5.55. The lowest BCUT2D eigenvalue weighted by Gasteiger charge is -2.04. The van der Waals surface area contributed by atoms with E-state index in [0.29, 0.717) is 18.9 Å². The number of aromatic nitrogens is 1. The number of rotatable bonds is 5. The van der Waals surface area contributed by atoms with Crippen molar-refractivity contribution in [3.63, 3.8) is 0 Å². The number of anilines is 1. The summed E-state index contributed by atoms with van der Waals surface area (Å²) in [6.45, 7) is 0.579. The van der Waals surface area contributed by atoms with Crippen LogP contribution in [0.4, 0.5) is 5.88 Å². The summed E-state index contributed by atoms with van der Waals surface area (Å²) in [6, 6.07) is 7.61. The van der Waals surface area contributed by atoms with Crippen LogP contribution in [0.5, 0.6) is 5.75 Å². The Morgan fingerprint density at radius 2 is 1.94 bits per heavy atom. The largest absolute Gasteiger partial charge is 0.497 e. The molecule has 0 saturated carbocycles. The highest BCUT2D eigenvalue weighted by molar-refractivity contribution is 5.75. The highest BCUT2D eigenvalue weighted by atomic mass is 16.5. The number of ether oxygens (including phenoxy) is 2. The third-order valence-corrected chi connectivity index (χ3v) is 2.71. The first-order valence-corrected chi connectivity index (χ1v) is 5.63. The van der Waals surface area contributed by atoms with E-state index in [4.69, 9.17) is 19.7 Å². The molecule has 0 atom stereocenters. The molecule has 0 bridgehead atoms. The summed E-state index contributed by atoms with van der Waals surface area (Å²) in [5.74, 6) is 1.12. The normalized spacial score (nSPS) is 10.6. The van der Waals surface area contributed by atoms with Gasteiger partial charge in [0.25, 0.3) is 0 Å². The van der Waals surface area contributed by atoms with Crippen molar-refractivity contribution in [2.75, 3.05) is 26.6 Å². The second-order valence-corrected chi connectivity index (χ2v) is 3.84. The lowest BCUT2D eigenvalue weighted by molar-refractivity contribution is 0.200. The van der Waals surface area contributed by atoms with Gasteiger partial charge in [0, 0.05) is 13.5 Å². The standard InChI is InChI=1S/C13H16N2O3/c1-16-8-7-11-12(13(14)18-15-11)9-3-5-10(17-2)6-4-9/h3-6H,7-8,14H2,1-2H3. The molecule has 2 aromatic rings. The zero-order chi connectivity index (χ0) is 13.0. The van der Waals surface area contributed by atoms with E-state index in [1.54, 1.807) is 14.2 Å². The van der Waals surface area contributed by atoms with Crippen LogP contribution in [0.25, 0.3) is 11.1 Å². The summed E-state index contributed by atoms with van der Waals surface area (Å²) in [5.41, 5.74) is 8.41. The predicted octanol–water partition coefficient (Wildman–Crippen LogP) is 2.12. The van der Waals surface area contributed by atoms with Crippen LogP contribution in [0, 0.1) is 0 Å². The molecule has 1 heterocycles. The van der Waals surface area contributed by atoms with Crippen LogP contribution in [0.15, 0.2) is 28.8 Å². The zero-order valence-electron chi connectivity index (χ0n) is 10.5. The Bertz CT molecular complexity index is 505. The minimum Gasteiger partial charge on any atom is -0.497 e. The van der Waals surface area contributed by atoms with Gasteiger partial charge in [-0.2, -0.15) is 0 Å². The maximum absolute atomic E-state index is 5.81. The molecule has 5 nitrogen and oxygen atoms in total. The fourth-order valence-electron chi connectivity index (χ4n) is 1.77.